The van der Waals surface area contributed by atoms with Gasteiger partial charge in [-0.05, 0) is 6.42 Å². The van der Waals surface area contributed by atoms with Gasteiger partial charge in [0.15, 0.2) is 5.82 Å². The second-order valence-electron chi connectivity index (χ2n) is 4.03. The van der Waals surface area contributed by atoms with E-state index in [1.807, 2.05) is 0 Å². The van der Waals surface area contributed by atoms with Crippen LogP contribution in [0.2, 0.25) is 0 Å². The van der Waals surface area contributed by atoms with Crippen LogP contribution in [0.5, 0.6) is 0 Å². The van der Waals surface area contributed by atoms with Gasteiger partial charge in [-0.25, -0.2) is 0 Å². The van der Waals surface area contributed by atoms with Gasteiger partial charge in [0.2, 0.25) is 5.89 Å². The summed E-state index contributed by atoms with van der Waals surface area (Å²) in [5, 5.41) is 3.95. The zero-order chi connectivity index (χ0) is 11.4. The summed E-state index contributed by atoms with van der Waals surface area (Å²) in [7, 11) is 1.62. The molecule has 0 spiro atoms. The van der Waals surface area contributed by atoms with Crippen LogP contribution in [-0.4, -0.2) is 43.1 Å². The summed E-state index contributed by atoms with van der Waals surface area (Å²) in [5.74, 6) is 1.58. The van der Waals surface area contributed by atoms with Crippen LogP contribution in [0.3, 0.4) is 0 Å². The van der Waals surface area contributed by atoms with Crippen LogP contribution in [0.15, 0.2) is 4.52 Å². The number of rotatable bonds is 5. The third-order valence-corrected chi connectivity index (χ3v) is 2.60. The summed E-state index contributed by atoms with van der Waals surface area (Å²) < 4.78 is 15.4. The third kappa shape index (κ3) is 2.78. The predicted molar refractivity (Wildman–Crippen MR) is 56.0 cm³/mol. The van der Waals surface area contributed by atoms with Gasteiger partial charge in [-0.2, -0.15) is 4.98 Å². The molecular formula is C10H17N3O3. The van der Waals surface area contributed by atoms with Crippen molar-refractivity contribution in [3.05, 3.63) is 11.7 Å². The molecule has 1 aromatic heterocycles. The van der Waals surface area contributed by atoms with Crippen molar-refractivity contribution in [2.45, 2.75) is 24.8 Å². The Morgan fingerprint density at radius 2 is 2.50 bits per heavy atom. The zero-order valence-electron chi connectivity index (χ0n) is 9.39. The van der Waals surface area contributed by atoms with Crippen LogP contribution in [0, 0.1) is 0 Å². The summed E-state index contributed by atoms with van der Waals surface area (Å²) in [5.41, 5.74) is 5.80. The SMILES string of the molecule is COCC(N)Cc1nc(C2CCOC2)no1. The predicted octanol–water partition coefficient (Wildman–Crippen LogP) is 0.0897. The Hall–Kier alpha value is -0.980. The Morgan fingerprint density at radius 3 is 3.19 bits per heavy atom. The van der Waals surface area contributed by atoms with E-state index in [0.29, 0.717) is 25.5 Å². The summed E-state index contributed by atoms with van der Waals surface area (Å²) >= 11 is 0. The van der Waals surface area contributed by atoms with E-state index < -0.39 is 0 Å². The molecule has 90 valence electrons. The normalized spacial score (nSPS) is 22.5. The van der Waals surface area contributed by atoms with Gasteiger partial charge in [0.1, 0.15) is 0 Å². The molecule has 2 unspecified atom stereocenters. The van der Waals surface area contributed by atoms with E-state index in [2.05, 4.69) is 10.1 Å². The van der Waals surface area contributed by atoms with E-state index in [1.165, 1.54) is 0 Å². The van der Waals surface area contributed by atoms with E-state index in [-0.39, 0.29) is 12.0 Å². The maximum Gasteiger partial charge on any atom is 0.228 e. The molecule has 1 aliphatic heterocycles. The molecule has 6 nitrogen and oxygen atoms in total. The Balaban J connectivity index is 1.91. The highest BCUT2D eigenvalue weighted by atomic mass is 16.5. The molecule has 0 saturated carbocycles. The van der Waals surface area contributed by atoms with Crippen LogP contribution >= 0.6 is 0 Å². The Kier molecular flexibility index (Phi) is 3.87. The van der Waals surface area contributed by atoms with Crippen molar-refractivity contribution in [3.8, 4) is 0 Å². The second-order valence-corrected chi connectivity index (χ2v) is 4.03. The van der Waals surface area contributed by atoms with Crippen molar-refractivity contribution in [1.82, 2.24) is 10.1 Å². The van der Waals surface area contributed by atoms with Gasteiger partial charge in [-0.15, -0.1) is 0 Å². The molecule has 0 radical (unpaired) electrons. The topological polar surface area (TPSA) is 83.4 Å². The first-order valence-corrected chi connectivity index (χ1v) is 5.44. The number of aromatic nitrogens is 2. The third-order valence-electron chi connectivity index (χ3n) is 2.60. The minimum Gasteiger partial charge on any atom is -0.383 e. The molecular weight excluding hydrogens is 210 g/mol. The Morgan fingerprint density at radius 1 is 1.62 bits per heavy atom. The molecule has 0 aromatic carbocycles. The lowest BCUT2D eigenvalue weighted by molar-refractivity contribution is 0.176. The fourth-order valence-electron chi connectivity index (χ4n) is 1.75. The van der Waals surface area contributed by atoms with E-state index in [4.69, 9.17) is 19.7 Å². The quantitative estimate of drug-likeness (QED) is 0.767. The average Bonchev–Trinajstić information content (AvgIpc) is 2.86. The number of nitrogens with two attached hydrogens (primary N) is 1. The first-order valence-electron chi connectivity index (χ1n) is 5.44. The molecule has 0 bridgehead atoms. The van der Waals surface area contributed by atoms with Crippen molar-refractivity contribution in [2.75, 3.05) is 26.9 Å². The summed E-state index contributed by atoms with van der Waals surface area (Å²) in [6, 6.07) is -0.0990. The number of methoxy groups -OCH3 is 1. The first kappa shape index (κ1) is 11.5. The Bertz CT molecular complexity index is 323. The standard InChI is InChI=1S/C10H17N3O3/c1-14-6-8(11)4-9-12-10(13-16-9)7-2-3-15-5-7/h7-8H,2-6,11H2,1H3. The van der Waals surface area contributed by atoms with Gasteiger partial charge in [-0.3, -0.25) is 0 Å². The fourth-order valence-corrected chi connectivity index (χ4v) is 1.75. The van der Waals surface area contributed by atoms with Crippen molar-refractivity contribution in [1.29, 1.82) is 0 Å². The summed E-state index contributed by atoms with van der Waals surface area (Å²) in [6.07, 6.45) is 1.51. The van der Waals surface area contributed by atoms with Crippen LogP contribution in [0.4, 0.5) is 0 Å². The minimum atomic E-state index is -0.0990. The fraction of sp³-hybridized carbons (Fsp3) is 0.800. The summed E-state index contributed by atoms with van der Waals surface area (Å²) in [6.45, 7) is 1.95. The molecule has 1 aromatic rings. The molecule has 2 N–H and O–H groups in total. The molecule has 0 amide bonds. The van der Waals surface area contributed by atoms with Crippen LogP contribution in [0.1, 0.15) is 24.1 Å². The lowest BCUT2D eigenvalue weighted by atomic mass is 10.1. The van der Waals surface area contributed by atoms with Crippen molar-refractivity contribution >= 4 is 0 Å². The maximum absolute atomic E-state index is 5.80. The van der Waals surface area contributed by atoms with Crippen LogP contribution in [-0.2, 0) is 15.9 Å². The molecule has 1 saturated heterocycles. The largest absolute Gasteiger partial charge is 0.383 e. The van der Waals surface area contributed by atoms with Gasteiger partial charge in [0, 0.05) is 32.1 Å². The zero-order valence-corrected chi connectivity index (χ0v) is 9.39. The van der Waals surface area contributed by atoms with Gasteiger partial charge in [-0.1, -0.05) is 5.16 Å². The van der Waals surface area contributed by atoms with Crippen LogP contribution < -0.4 is 5.73 Å². The molecule has 16 heavy (non-hydrogen) atoms. The number of hydrogen-bond donors (Lipinski definition) is 1. The van der Waals surface area contributed by atoms with E-state index >= 15 is 0 Å². The van der Waals surface area contributed by atoms with Gasteiger partial charge >= 0.3 is 0 Å². The maximum atomic E-state index is 5.80. The highest BCUT2D eigenvalue weighted by Gasteiger charge is 2.23. The van der Waals surface area contributed by atoms with Gasteiger partial charge in [0.05, 0.1) is 13.2 Å². The number of hydrogen-bond acceptors (Lipinski definition) is 6. The molecule has 2 rings (SSSR count). The van der Waals surface area contributed by atoms with Crippen molar-refractivity contribution in [2.24, 2.45) is 5.73 Å². The molecule has 6 heteroatoms. The molecule has 1 aliphatic rings. The monoisotopic (exact) mass is 227 g/mol. The minimum absolute atomic E-state index is 0.0990. The van der Waals surface area contributed by atoms with E-state index in [9.17, 15) is 0 Å². The highest BCUT2D eigenvalue weighted by molar-refractivity contribution is 4.98. The van der Waals surface area contributed by atoms with Crippen molar-refractivity contribution < 1.29 is 14.0 Å². The first-order chi connectivity index (χ1) is 7.79. The second kappa shape index (κ2) is 5.38. The molecule has 1 fully saturated rings. The summed E-state index contributed by atoms with van der Waals surface area (Å²) in [4.78, 5) is 4.32. The van der Waals surface area contributed by atoms with Gasteiger partial charge < -0.3 is 19.7 Å². The molecule has 0 aliphatic carbocycles. The smallest absolute Gasteiger partial charge is 0.228 e. The average molecular weight is 227 g/mol. The van der Waals surface area contributed by atoms with E-state index in [0.717, 1.165) is 18.9 Å². The van der Waals surface area contributed by atoms with Crippen molar-refractivity contribution in [3.63, 3.8) is 0 Å². The number of ether oxygens (including phenoxy) is 2. The van der Waals surface area contributed by atoms with Gasteiger partial charge in [0.25, 0.3) is 0 Å². The highest BCUT2D eigenvalue weighted by Crippen LogP contribution is 2.22. The van der Waals surface area contributed by atoms with E-state index in [1.54, 1.807) is 7.11 Å². The lowest BCUT2D eigenvalue weighted by Gasteiger charge is -2.05. The molecule has 2 heterocycles. The lowest BCUT2D eigenvalue weighted by Crippen LogP contribution is -2.28. The number of nitrogens with zero attached hydrogens (tertiary/aromatic N) is 2. The Labute approximate surface area is 94.1 Å². The molecule has 2 atom stereocenters. The van der Waals surface area contributed by atoms with Crippen LogP contribution in [0.25, 0.3) is 0 Å².